The molecule has 0 bridgehead atoms. The Hall–Kier alpha value is -1.57. The van der Waals surface area contributed by atoms with E-state index in [1.807, 2.05) is 12.1 Å². The Morgan fingerprint density at radius 2 is 1.94 bits per heavy atom. The number of rotatable bonds is 6. The van der Waals surface area contributed by atoms with Gasteiger partial charge in [-0.25, -0.2) is 0 Å². The minimum absolute atomic E-state index is 0.410. The molecule has 1 rings (SSSR count). The lowest BCUT2D eigenvalue weighted by atomic mass is 10.1. The lowest BCUT2D eigenvalue weighted by Crippen LogP contribution is -2.05. The van der Waals surface area contributed by atoms with Crippen LogP contribution in [0, 0.1) is 0 Å². The predicted molar refractivity (Wildman–Crippen MR) is 67.9 cm³/mol. The molecular weight excluding hydrogens is 198 g/mol. The molecule has 0 aliphatic rings. The molecule has 0 unspecified atom stereocenters. The number of primary amides is 1. The monoisotopic (exact) mass is 217 g/mol. The van der Waals surface area contributed by atoms with Gasteiger partial charge in [0, 0.05) is 6.08 Å². The second-order valence-electron chi connectivity index (χ2n) is 3.93. The Kier molecular flexibility index (Phi) is 5.34. The normalized spacial score (nSPS) is 10.8. The molecule has 0 aliphatic heterocycles. The van der Waals surface area contributed by atoms with Crippen molar-refractivity contribution in [3.63, 3.8) is 0 Å². The van der Waals surface area contributed by atoms with Gasteiger partial charge in [0.2, 0.25) is 5.91 Å². The molecule has 86 valence electrons. The van der Waals surface area contributed by atoms with Crippen molar-refractivity contribution in [2.75, 3.05) is 0 Å². The van der Waals surface area contributed by atoms with Crippen molar-refractivity contribution in [3.05, 3.63) is 41.5 Å². The van der Waals surface area contributed by atoms with Crippen molar-refractivity contribution in [2.24, 2.45) is 5.73 Å². The maximum Gasteiger partial charge on any atom is 0.241 e. The Bertz CT molecular complexity index is 352. The van der Waals surface area contributed by atoms with Gasteiger partial charge in [-0.05, 0) is 30.0 Å². The minimum atomic E-state index is -0.410. The second-order valence-corrected chi connectivity index (χ2v) is 3.93. The maximum absolute atomic E-state index is 10.5. The van der Waals surface area contributed by atoms with Crippen LogP contribution in [0.4, 0.5) is 0 Å². The Balaban J connectivity index is 2.51. The predicted octanol–water partition coefficient (Wildman–Crippen LogP) is 2.92. The summed E-state index contributed by atoms with van der Waals surface area (Å²) in [6.45, 7) is 2.21. The van der Waals surface area contributed by atoms with Crippen molar-refractivity contribution in [3.8, 4) is 0 Å². The van der Waals surface area contributed by atoms with Gasteiger partial charge in [-0.1, -0.05) is 44.0 Å². The summed E-state index contributed by atoms with van der Waals surface area (Å²) in [5, 5.41) is 0. The molecule has 0 spiro atoms. The molecule has 2 heteroatoms. The number of aryl methyl sites for hydroxylation is 1. The maximum atomic E-state index is 10.5. The van der Waals surface area contributed by atoms with Gasteiger partial charge >= 0.3 is 0 Å². The van der Waals surface area contributed by atoms with Crippen LogP contribution in [-0.2, 0) is 11.2 Å². The van der Waals surface area contributed by atoms with Crippen LogP contribution in [0.25, 0.3) is 6.08 Å². The van der Waals surface area contributed by atoms with Gasteiger partial charge in [0.05, 0.1) is 0 Å². The Morgan fingerprint density at radius 3 is 2.50 bits per heavy atom. The van der Waals surface area contributed by atoms with E-state index >= 15 is 0 Å². The molecule has 2 nitrogen and oxygen atoms in total. The first-order valence-corrected chi connectivity index (χ1v) is 5.79. The van der Waals surface area contributed by atoms with E-state index in [1.165, 1.54) is 30.9 Å². The van der Waals surface area contributed by atoms with Crippen molar-refractivity contribution in [1.29, 1.82) is 0 Å². The zero-order valence-electron chi connectivity index (χ0n) is 9.78. The molecule has 16 heavy (non-hydrogen) atoms. The third-order valence-corrected chi connectivity index (χ3v) is 2.49. The van der Waals surface area contributed by atoms with Crippen LogP contribution in [0.1, 0.15) is 37.3 Å². The van der Waals surface area contributed by atoms with E-state index in [2.05, 4.69) is 19.1 Å². The first-order chi connectivity index (χ1) is 7.72. The molecule has 0 heterocycles. The van der Waals surface area contributed by atoms with E-state index in [4.69, 9.17) is 5.73 Å². The summed E-state index contributed by atoms with van der Waals surface area (Å²) in [5.74, 6) is -0.410. The van der Waals surface area contributed by atoms with Crippen LogP contribution in [0.3, 0.4) is 0 Å². The van der Waals surface area contributed by atoms with E-state index in [9.17, 15) is 4.79 Å². The standard InChI is InChI=1S/C14H19NO/c1-2-3-4-5-12-6-8-13(9-7-12)10-11-14(15)16/h6-11H,2-5H2,1H3,(H2,15,16)/b11-10+. The highest BCUT2D eigenvalue weighted by Gasteiger charge is 1.93. The van der Waals surface area contributed by atoms with Crippen LogP contribution >= 0.6 is 0 Å². The first kappa shape index (κ1) is 12.5. The van der Waals surface area contributed by atoms with E-state index in [0.29, 0.717) is 0 Å². The second kappa shape index (κ2) is 6.83. The number of hydrogen-bond acceptors (Lipinski definition) is 1. The fourth-order valence-corrected chi connectivity index (χ4v) is 1.55. The van der Waals surface area contributed by atoms with Crippen LogP contribution in [0.2, 0.25) is 0 Å². The smallest absolute Gasteiger partial charge is 0.241 e. The van der Waals surface area contributed by atoms with Crippen molar-refractivity contribution in [2.45, 2.75) is 32.6 Å². The van der Waals surface area contributed by atoms with Crippen LogP contribution in [0.5, 0.6) is 0 Å². The number of carbonyl (C=O) groups is 1. The highest BCUT2D eigenvalue weighted by molar-refractivity contribution is 5.90. The SMILES string of the molecule is CCCCCc1ccc(/C=C/C(N)=O)cc1. The summed E-state index contributed by atoms with van der Waals surface area (Å²) in [6, 6.07) is 8.24. The molecule has 1 aromatic carbocycles. The number of nitrogens with two attached hydrogens (primary N) is 1. The minimum Gasteiger partial charge on any atom is -0.366 e. The number of hydrogen-bond donors (Lipinski definition) is 1. The van der Waals surface area contributed by atoms with Gasteiger partial charge in [-0.3, -0.25) is 4.79 Å². The number of amides is 1. The van der Waals surface area contributed by atoms with Gasteiger partial charge in [-0.15, -0.1) is 0 Å². The third kappa shape index (κ3) is 4.78. The lowest BCUT2D eigenvalue weighted by molar-refractivity contribution is -0.113. The molecule has 2 N–H and O–H groups in total. The van der Waals surface area contributed by atoms with Gasteiger partial charge in [0.1, 0.15) is 0 Å². The topological polar surface area (TPSA) is 43.1 Å². The summed E-state index contributed by atoms with van der Waals surface area (Å²) in [4.78, 5) is 10.5. The van der Waals surface area contributed by atoms with E-state index < -0.39 is 5.91 Å². The average Bonchev–Trinajstić information content (AvgIpc) is 2.28. The lowest BCUT2D eigenvalue weighted by Gasteiger charge is -2.01. The molecular formula is C14H19NO. The first-order valence-electron chi connectivity index (χ1n) is 5.79. The molecule has 0 atom stereocenters. The van der Waals surface area contributed by atoms with Gasteiger partial charge in [0.15, 0.2) is 0 Å². The fraction of sp³-hybridized carbons (Fsp3) is 0.357. The molecule has 1 aromatic rings. The van der Waals surface area contributed by atoms with E-state index in [0.717, 1.165) is 12.0 Å². The molecule has 0 aliphatic carbocycles. The van der Waals surface area contributed by atoms with Gasteiger partial charge < -0.3 is 5.73 Å². The molecule has 0 fully saturated rings. The summed E-state index contributed by atoms with van der Waals surface area (Å²) in [6.07, 6.45) is 8.02. The Labute approximate surface area is 97.2 Å². The summed E-state index contributed by atoms with van der Waals surface area (Å²) in [7, 11) is 0. The molecule has 0 radical (unpaired) electrons. The number of benzene rings is 1. The van der Waals surface area contributed by atoms with Crippen LogP contribution < -0.4 is 5.73 Å². The van der Waals surface area contributed by atoms with E-state index in [-0.39, 0.29) is 0 Å². The molecule has 1 amide bonds. The van der Waals surface area contributed by atoms with Crippen molar-refractivity contribution < 1.29 is 4.79 Å². The van der Waals surface area contributed by atoms with Crippen LogP contribution in [0.15, 0.2) is 30.3 Å². The summed E-state index contributed by atoms with van der Waals surface area (Å²) < 4.78 is 0. The highest BCUT2D eigenvalue weighted by atomic mass is 16.1. The number of unbranched alkanes of at least 4 members (excludes halogenated alkanes) is 2. The van der Waals surface area contributed by atoms with Gasteiger partial charge in [0.25, 0.3) is 0 Å². The Morgan fingerprint density at radius 1 is 1.25 bits per heavy atom. The summed E-state index contributed by atoms with van der Waals surface area (Å²) >= 11 is 0. The highest BCUT2D eigenvalue weighted by Crippen LogP contribution is 2.09. The third-order valence-electron chi connectivity index (χ3n) is 2.49. The summed E-state index contributed by atoms with van der Waals surface area (Å²) in [5.41, 5.74) is 7.39. The van der Waals surface area contributed by atoms with Crippen LogP contribution in [-0.4, -0.2) is 5.91 Å². The molecule has 0 saturated heterocycles. The van der Waals surface area contributed by atoms with Gasteiger partial charge in [-0.2, -0.15) is 0 Å². The fourth-order valence-electron chi connectivity index (χ4n) is 1.55. The molecule has 0 aromatic heterocycles. The molecule has 0 saturated carbocycles. The van der Waals surface area contributed by atoms with Crippen molar-refractivity contribution >= 4 is 12.0 Å². The van der Waals surface area contributed by atoms with Crippen molar-refractivity contribution in [1.82, 2.24) is 0 Å². The van der Waals surface area contributed by atoms with E-state index in [1.54, 1.807) is 6.08 Å². The largest absolute Gasteiger partial charge is 0.366 e. The zero-order valence-corrected chi connectivity index (χ0v) is 9.78. The average molecular weight is 217 g/mol. The zero-order chi connectivity index (χ0) is 11.8. The number of carbonyl (C=O) groups excluding carboxylic acids is 1. The quantitative estimate of drug-likeness (QED) is 0.578.